The number of anilines is 1. The first-order valence-corrected chi connectivity index (χ1v) is 7.50. The summed E-state index contributed by atoms with van der Waals surface area (Å²) in [5.74, 6) is -0.328. The number of halogens is 2. The van der Waals surface area contributed by atoms with Gasteiger partial charge in [0.05, 0.1) is 0 Å². The molecule has 0 radical (unpaired) electrons. The molecule has 0 unspecified atom stereocenters. The molecule has 0 aromatic carbocycles. The first-order valence-electron chi connectivity index (χ1n) is 6.75. The molecule has 9 heteroatoms. The summed E-state index contributed by atoms with van der Waals surface area (Å²) >= 11 is 11.6. The fraction of sp³-hybridized carbons (Fsp3) is 0.571. The van der Waals surface area contributed by atoms with Crippen molar-refractivity contribution < 1.29 is 19.1 Å². The number of aromatic nitrogens is 2. The van der Waals surface area contributed by atoms with Crippen molar-refractivity contribution in [2.24, 2.45) is 0 Å². The lowest BCUT2D eigenvalue weighted by molar-refractivity contribution is 0.0427. The number of rotatable bonds is 1. The number of carbonyl (C=O) groups is 2. The van der Waals surface area contributed by atoms with Gasteiger partial charge in [-0.15, -0.1) is 4.90 Å². The summed E-state index contributed by atoms with van der Waals surface area (Å²) in [6.45, 7) is 9.94. The van der Waals surface area contributed by atoms with Gasteiger partial charge < -0.3 is 9.47 Å². The summed E-state index contributed by atoms with van der Waals surface area (Å²) in [5, 5.41) is -0.0609. The van der Waals surface area contributed by atoms with Crippen molar-refractivity contribution in [3.63, 3.8) is 0 Å². The van der Waals surface area contributed by atoms with Gasteiger partial charge in [-0.05, 0) is 41.5 Å². The van der Waals surface area contributed by atoms with Crippen molar-refractivity contribution in [3.8, 4) is 0 Å². The van der Waals surface area contributed by atoms with Crippen molar-refractivity contribution >= 4 is 41.3 Å². The highest BCUT2D eigenvalue weighted by atomic mass is 35.5. The topological polar surface area (TPSA) is 81.6 Å². The van der Waals surface area contributed by atoms with Crippen LogP contribution in [0.25, 0.3) is 0 Å². The van der Waals surface area contributed by atoms with E-state index >= 15 is 0 Å². The van der Waals surface area contributed by atoms with Crippen LogP contribution in [0.3, 0.4) is 0 Å². The van der Waals surface area contributed by atoms with Gasteiger partial charge in [0.1, 0.15) is 21.5 Å². The van der Waals surface area contributed by atoms with Crippen LogP contribution in [0.1, 0.15) is 41.5 Å². The highest BCUT2D eigenvalue weighted by Crippen LogP contribution is 2.22. The van der Waals surface area contributed by atoms with Crippen molar-refractivity contribution in [3.05, 3.63) is 16.4 Å². The van der Waals surface area contributed by atoms with Gasteiger partial charge in [-0.3, -0.25) is 0 Å². The molecule has 0 spiro atoms. The largest absolute Gasteiger partial charge is 0.443 e. The van der Waals surface area contributed by atoms with Crippen molar-refractivity contribution in [1.29, 1.82) is 0 Å². The number of carbonyl (C=O) groups excluding carboxylic acids is 2. The van der Waals surface area contributed by atoms with Gasteiger partial charge in [0, 0.05) is 6.07 Å². The van der Waals surface area contributed by atoms with Crippen molar-refractivity contribution in [2.75, 3.05) is 4.90 Å². The monoisotopic (exact) mass is 363 g/mol. The smallest absolute Gasteiger partial charge is 0.427 e. The van der Waals surface area contributed by atoms with Crippen LogP contribution in [-0.4, -0.2) is 33.4 Å². The first-order chi connectivity index (χ1) is 10.3. The third-order valence-corrected chi connectivity index (χ3v) is 2.39. The van der Waals surface area contributed by atoms with E-state index in [0.29, 0.717) is 4.90 Å². The Labute approximate surface area is 144 Å². The second-order valence-electron chi connectivity index (χ2n) is 6.61. The molecule has 0 atom stereocenters. The van der Waals surface area contributed by atoms with Crippen LogP contribution in [0.2, 0.25) is 10.3 Å². The maximum Gasteiger partial charge on any atom is 0.427 e. The summed E-state index contributed by atoms with van der Waals surface area (Å²) in [4.78, 5) is 32.9. The fourth-order valence-corrected chi connectivity index (χ4v) is 1.75. The maximum atomic E-state index is 12.3. The Kier molecular flexibility index (Phi) is 5.82. The van der Waals surface area contributed by atoms with E-state index in [1.807, 2.05) is 0 Å². The summed E-state index contributed by atoms with van der Waals surface area (Å²) in [5.41, 5.74) is -1.67. The van der Waals surface area contributed by atoms with Gasteiger partial charge in [-0.2, -0.15) is 9.97 Å². The molecule has 0 saturated carbocycles. The molecule has 2 amide bonds. The Morgan fingerprint density at radius 3 is 1.57 bits per heavy atom. The molecule has 128 valence electrons. The maximum absolute atomic E-state index is 12.3. The van der Waals surface area contributed by atoms with Crippen LogP contribution in [0.4, 0.5) is 15.5 Å². The third kappa shape index (κ3) is 6.58. The Bertz CT molecular complexity index is 561. The fourth-order valence-electron chi connectivity index (χ4n) is 1.33. The first kappa shape index (κ1) is 19.4. The molecule has 0 aliphatic carbocycles. The lowest BCUT2D eigenvalue weighted by Crippen LogP contribution is -2.44. The van der Waals surface area contributed by atoms with E-state index in [-0.39, 0.29) is 16.3 Å². The molecule has 1 aromatic heterocycles. The number of imide groups is 1. The Morgan fingerprint density at radius 1 is 0.913 bits per heavy atom. The van der Waals surface area contributed by atoms with Crippen LogP contribution in [0.5, 0.6) is 0 Å². The summed E-state index contributed by atoms with van der Waals surface area (Å²) in [6, 6.07) is 1.27. The van der Waals surface area contributed by atoms with E-state index in [1.165, 1.54) is 6.07 Å². The molecule has 0 fully saturated rings. The lowest BCUT2D eigenvalue weighted by Gasteiger charge is -2.27. The van der Waals surface area contributed by atoms with Gasteiger partial charge in [0.15, 0.2) is 0 Å². The van der Waals surface area contributed by atoms with Crippen LogP contribution < -0.4 is 4.90 Å². The molecule has 0 N–H and O–H groups in total. The Morgan fingerprint density at radius 2 is 1.26 bits per heavy atom. The minimum atomic E-state index is -0.995. The molecule has 0 aliphatic heterocycles. The number of hydrogen-bond donors (Lipinski definition) is 0. The molecular formula is C14H19Cl2N3O4. The predicted molar refractivity (Wildman–Crippen MR) is 87.0 cm³/mol. The highest BCUT2D eigenvalue weighted by Gasteiger charge is 2.34. The lowest BCUT2D eigenvalue weighted by atomic mass is 10.2. The van der Waals surface area contributed by atoms with Crippen molar-refractivity contribution in [1.82, 2.24) is 9.97 Å². The standard InChI is InChI=1S/C14H19Cl2N3O4/c1-13(2,3)22-11(20)19(12(21)23-14(4,5)6)10-17-8(15)7-9(16)18-10/h7H,1-6H3. The zero-order chi connectivity index (χ0) is 18.0. The average Bonchev–Trinajstić information content (AvgIpc) is 2.21. The molecule has 1 heterocycles. The third-order valence-electron chi connectivity index (χ3n) is 2.00. The van der Waals surface area contributed by atoms with Gasteiger partial charge >= 0.3 is 12.2 Å². The predicted octanol–water partition coefficient (Wildman–Crippen LogP) is 4.46. The minimum Gasteiger partial charge on any atom is -0.443 e. The zero-order valence-electron chi connectivity index (χ0n) is 13.8. The van der Waals surface area contributed by atoms with Gasteiger partial charge in [0.2, 0.25) is 5.95 Å². The van der Waals surface area contributed by atoms with E-state index in [1.54, 1.807) is 41.5 Å². The SMILES string of the molecule is CC(C)(C)OC(=O)N(C(=O)OC(C)(C)C)c1nc(Cl)cc(Cl)n1. The Balaban J connectivity index is 3.25. The number of ether oxygens (including phenoxy) is 2. The second-order valence-corrected chi connectivity index (χ2v) is 7.38. The molecule has 0 saturated heterocycles. The van der Waals surface area contributed by atoms with E-state index in [9.17, 15) is 9.59 Å². The minimum absolute atomic E-state index is 0.0304. The van der Waals surface area contributed by atoms with Crippen molar-refractivity contribution in [2.45, 2.75) is 52.7 Å². The Hall–Kier alpha value is -1.60. The molecule has 1 rings (SSSR count). The molecule has 7 nitrogen and oxygen atoms in total. The summed E-state index contributed by atoms with van der Waals surface area (Å²) < 4.78 is 10.4. The van der Waals surface area contributed by atoms with Crippen LogP contribution in [0, 0.1) is 0 Å². The average molecular weight is 364 g/mol. The molecule has 0 bridgehead atoms. The van der Waals surface area contributed by atoms with Crippen LogP contribution >= 0.6 is 23.2 Å². The van der Waals surface area contributed by atoms with Gasteiger partial charge in [-0.25, -0.2) is 9.59 Å². The summed E-state index contributed by atoms with van der Waals surface area (Å²) in [7, 11) is 0. The second kappa shape index (κ2) is 6.88. The molecule has 0 aliphatic rings. The van der Waals surface area contributed by atoms with Gasteiger partial charge in [-0.1, -0.05) is 23.2 Å². The normalized spacial score (nSPS) is 11.8. The molecule has 23 heavy (non-hydrogen) atoms. The molecular weight excluding hydrogens is 345 g/mol. The highest BCUT2D eigenvalue weighted by molar-refractivity contribution is 6.33. The van der Waals surface area contributed by atoms with E-state index in [0.717, 1.165) is 0 Å². The number of hydrogen-bond acceptors (Lipinski definition) is 6. The zero-order valence-corrected chi connectivity index (χ0v) is 15.3. The van der Waals surface area contributed by atoms with Crippen LogP contribution in [0.15, 0.2) is 6.07 Å². The molecule has 1 aromatic rings. The van der Waals surface area contributed by atoms with Gasteiger partial charge in [0.25, 0.3) is 0 Å². The number of amides is 2. The number of nitrogens with zero attached hydrogens (tertiary/aromatic N) is 3. The quantitative estimate of drug-likeness (QED) is 0.685. The van der Waals surface area contributed by atoms with E-state index in [2.05, 4.69) is 9.97 Å². The van der Waals surface area contributed by atoms with E-state index in [4.69, 9.17) is 32.7 Å². The van der Waals surface area contributed by atoms with Crippen LogP contribution in [-0.2, 0) is 9.47 Å². The van der Waals surface area contributed by atoms with E-state index < -0.39 is 23.4 Å². The summed E-state index contributed by atoms with van der Waals surface area (Å²) in [6.07, 6.45) is -1.99.